The molecule has 0 saturated carbocycles. The summed E-state index contributed by atoms with van der Waals surface area (Å²) in [6, 6.07) is 4.92. The molecular formula is C24H31N3O2. The Morgan fingerprint density at radius 2 is 1.24 bits per heavy atom. The highest BCUT2D eigenvalue weighted by atomic mass is 16.5. The van der Waals surface area contributed by atoms with Crippen molar-refractivity contribution in [2.45, 2.75) is 53.6 Å². The van der Waals surface area contributed by atoms with Gasteiger partial charge < -0.3 is 14.5 Å². The maximum atomic E-state index is 5.83. The zero-order valence-electron chi connectivity index (χ0n) is 18.2. The lowest BCUT2D eigenvalue weighted by Crippen LogP contribution is -2.14. The Bertz CT molecular complexity index is 1020. The predicted octanol–water partition coefficient (Wildman–Crippen LogP) is 3.25. The van der Waals surface area contributed by atoms with Gasteiger partial charge in [-0.2, -0.15) is 0 Å². The fraction of sp³-hybridized carbons (Fsp3) is 0.500. The van der Waals surface area contributed by atoms with E-state index in [1.165, 1.54) is 11.1 Å². The van der Waals surface area contributed by atoms with E-state index >= 15 is 0 Å². The highest BCUT2D eigenvalue weighted by Gasteiger charge is 2.22. The van der Waals surface area contributed by atoms with Crippen molar-refractivity contribution in [3.8, 4) is 0 Å². The highest BCUT2D eigenvalue weighted by Crippen LogP contribution is 2.17. The number of fused-ring (bicyclic) bond motifs is 1. The zero-order chi connectivity index (χ0) is 20.7. The highest BCUT2D eigenvalue weighted by molar-refractivity contribution is 6.09. The lowest BCUT2D eigenvalue weighted by atomic mass is 10.0. The number of benzene rings is 1. The summed E-state index contributed by atoms with van der Waals surface area (Å²) in [5.41, 5.74) is 2.53. The van der Waals surface area contributed by atoms with E-state index in [9.17, 15) is 0 Å². The van der Waals surface area contributed by atoms with Gasteiger partial charge in [0.05, 0.1) is 22.8 Å². The summed E-state index contributed by atoms with van der Waals surface area (Å²) < 4.78 is 11.7. The summed E-state index contributed by atoms with van der Waals surface area (Å²) in [7, 11) is 0. The Kier molecular flexibility index (Phi) is 5.24. The van der Waals surface area contributed by atoms with E-state index in [0.717, 1.165) is 21.5 Å². The number of aromatic amines is 1. The number of ether oxygens (including phenoxy) is 2. The molecule has 2 atom stereocenters. The summed E-state index contributed by atoms with van der Waals surface area (Å²) in [6.45, 7) is 14.3. The number of hydrogen-bond acceptors (Lipinski definition) is 4. The minimum Gasteiger partial charge on any atom is -0.476 e. The molecule has 1 aromatic heterocycles. The van der Waals surface area contributed by atoms with Gasteiger partial charge in [0, 0.05) is 22.9 Å². The van der Waals surface area contributed by atoms with E-state index in [0.29, 0.717) is 36.8 Å². The van der Waals surface area contributed by atoms with Crippen LogP contribution in [0, 0.1) is 25.7 Å². The third-order valence-electron chi connectivity index (χ3n) is 5.95. The molecule has 2 aromatic rings. The Morgan fingerprint density at radius 3 is 1.59 bits per heavy atom. The number of H-pyrrole nitrogens is 1. The maximum absolute atomic E-state index is 5.83. The number of hydrogen-bond donors (Lipinski definition) is 1. The Morgan fingerprint density at radius 1 is 0.828 bits per heavy atom. The summed E-state index contributed by atoms with van der Waals surface area (Å²) >= 11 is 0. The van der Waals surface area contributed by atoms with Gasteiger partial charge in [-0.05, 0) is 48.9 Å². The van der Waals surface area contributed by atoms with Crippen molar-refractivity contribution in [3.63, 3.8) is 0 Å². The molecule has 0 saturated heterocycles. The molecule has 5 heteroatoms. The van der Waals surface area contributed by atoms with Crippen LogP contribution in [0.1, 0.15) is 38.8 Å². The number of aromatic nitrogens is 1. The van der Waals surface area contributed by atoms with Crippen LogP contribution in [0.15, 0.2) is 22.1 Å². The van der Waals surface area contributed by atoms with Crippen molar-refractivity contribution >= 4 is 34.7 Å². The molecule has 29 heavy (non-hydrogen) atoms. The first kappa shape index (κ1) is 19.7. The molecule has 0 spiro atoms. The molecule has 2 aliphatic rings. The topological polar surface area (TPSA) is 59.0 Å². The minimum absolute atomic E-state index is 0.228. The fourth-order valence-electron chi connectivity index (χ4n) is 3.67. The van der Waals surface area contributed by atoms with Crippen molar-refractivity contribution in [2.75, 3.05) is 13.2 Å². The Labute approximate surface area is 172 Å². The number of aliphatic imine (C=N–C) groups is 2. The molecule has 5 nitrogen and oxygen atoms in total. The maximum Gasteiger partial charge on any atom is 0.211 e. The van der Waals surface area contributed by atoms with Crippen molar-refractivity contribution in [2.24, 2.45) is 21.8 Å². The number of nitrogens with one attached hydrogen (secondary N) is 1. The van der Waals surface area contributed by atoms with Crippen LogP contribution in [0.25, 0.3) is 22.9 Å². The van der Waals surface area contributed by atoms with E-state index < -0.39 is 0 Å². The lowest BCUT2D eigenvalue weighted by Gasteiger charge is -2.06. The third kappa shape index (κ3) is 3.96. The van der Waals surface area contributed by atoms with Crippen LogP contribution < -0.4 is 10.7 Å². The van der Waals surface area contributed by atoms with E-state index in [1.807, 2.05) is 12.2 Å². The summed E-state index contributed by atoms with van der Waals surface area (Å²) in [5, 5.41) is 4.35. The van der Waals surface area contributed by atoms with Gasteiger partial charge in [0.15, 0.2) is 0 Å². The van der Waals surface area contributed by atoms with Crippen LogP contribution >= 0.6 is 0 Å². The molecule has 0 radical (unpaired) electrons. The smallest absolute Gasteiger partial charge is 0.211 e. The fourth-order valence-corrected chi connectivity index (χ4v) is 3.67. The van der Waals surface area contributed by atoms with Gasteiger partial charge in [-0.3, -0.25) is 0 Å². The first-order chi connectivity index (χ1) is 13.8. The Balaban J connectivity index is 1.84. The molecule has 4 rings (SSSR count). The van der Waals surface area contributed by atoms with E-state index in [2.05, 4.69) is 58.7 Å². The third-order valence-corrected chi connectivity index (χ3v) is 5.95. The molecule has 1 N–H and O–H groups in total. The van der Waals surface area contributed by atoms with Crippen molar-refractivity contribution < 1.29 is 9.47 Å². The molecule has 0 aliphatic carbocycles. The normalized spacial score (nSPS) is 23.2. The zero-order valence-corrected chi connectivity index (χ0v) is 18.2. The van der Waals surface area contributed by atoms with E-state index in [1.54, 1.807) is 0 Å². The van der Waals surface area contributed by atoms with Crippen LogP contribution in [0.4, 0.5) is 0 Å². The lowest BCUT2D eigenvalue weighted by molar-refractivity contribution is 0.294. The molecule has 2 aliphatic heterocycles. The average Bonchev–Trinajstić information content (AvgIpc) is 3.37. The second-order valence-corrected chi connectivity index (χ2v) is 8.90. The quantitative estimate of drug-likeness (QED) is 0.867. The van der Waals surface area contributed by atoms with Gasteiger partial charge >= 0.3 is 0 Å². The van der Waals surface area contributed by atoms with Gasteiger partial charge in [0.1, 0.15) is 13.2 Å². The van der Waals surface area contributed by atoms with E-state index in [4.69, 9.17) is 19.5 Å². The molecule has 154 valence electrons. The minimum atomic E-state index is 0.228. The van der Waals surface area contributed by atoms with Crippen molar-refractivity contribution in [1.82, 2.24) is 4.98 Å². The Hall–Kier alpha value is -2.56. The summed E-state index contributed by atoms with van der Waals surface area (Å²) in [4.78, 5) is 13.0. The van der Waals surface area contributed by atoms with Gasteiger partial charge in [-0.25, -0.2) is 9.98 Å². The largest absolute Gasteiger partial charge is 0.476 e. The van der Waals surface area contributed by atoms with Crippen LogP contribution in [0.5, 0.6) is 0 Å². The molecule has 0 bridgehead atoms. The second-order valence-electron chi connectivity index (χ2n) is 8.90. The molecule has 0 amide bonds. The SMILES string of the molecule is Cc1cc2/c(=C/C3=NC(C(C)C)CO3)[nH]/c(=C\C3=N[C@@H](C(C)C)CO3)c2cc1C. The van der Waals surface area contributed by atoms with Crippen LogP contribution in [0.2, 0.25) is 0 Å². The molecular weight excluding hydrogens is 362 g/mol. The first-order valence-electron chi connectivity index (χ1n) is 10.6. The van der Waals surface area contributed by atoms with Crippen LogP contribution in [-0.4, -0.2) is 42.1 Å². The van der Waals surface area contributed by atoms with Gasteiger partial charge in [0.2, 0.25) is 11.8 Å². The van der Waals surface area contributed by atoms with Crippen LogP contribution in [-0.2, 0) is 9.47 Å². The van der Waals surface area contributed by atoms with Crippen molar-refractivity contribution in [3.05, 3.63) is 34.0 Å². The van der Waals surface area contributed by atoms with Gasteiger partial charge in [-0.15, -0.1) is 0 Å². The summed E-state index contributed by atoms with van der Waals surface area (Å²) in [5.74, 6) is 2.35. The average molecular weight is 394 g/mol. The van der Waals surface area contributed by atoms with Crippen LogP contribution in [0.3, 0.4) is 0 Å². The molecule has 1 aromatic carbocycles. The predicted molar refractivity (Wildman–Crippen MR) is 120 cm³/mol. The number of rotatable bonds is 4. The number of nitrogens with zero attached hydrogens (tertiary/aromatic N) is 2. The molecule has 1 unspecified atom stereocenters. The van der Waals surface area contributed by atoms with Crippen molar-refractivity contribution in [1.29, 1.82) is 0 Å². The standard InChI is InChI=1S/C24H31N3O2/c1-13(2)21-11-28-23(26-21)9-19-17-7-15(5)16(6)8-18(17)20(25-19)10-24-27-22(12-29-24)14(3)4/h7-10,13-14,21-22,25H,11-12H2,1-6H3/b19-9-,20-10-/t21-,22?/m1/s1. The molecule has 3 heterocycles. The monoisotopic (exact) mass is 393 g/mol. The van der Waals surface area contributed by atoms with Gasteiger partial charge in [-0.1, -0.05) is 27.7 Å². The number of aryl methyl sites for hydroxylation is 2. The second kappa shape index (κ2) is 7.69. The van der Waals surface area contributed by atoms with Gasteiger partial charge in [0.25, 0.3) is 0 Å². The summed E-state index contributed by atoms with van der Waals surface area (Å²) in [6.07, 6.45) is 4.04. The first-order valence-corrected chi connectivity index (χ1v) is 10.6. The molecule has 0 fully saturated rings. The van der Waals surface area contributed by atoms with E-state index in [-0.39, 0.29) is 12.1 Å².